The standard InChI is InChI=1S/C20H15F3N6O/c1-28-10-9-17(27-28)15-11-13(7-8-16(15)20(21,22)23)18(30)25-19-26-24-12-29(19)14-5-3-2-4-6-14/h2-12H,1H3,(H,25,26,30). The van der Waals surface area contributed by atoms with Gasteiger partial charge in [0.25, 0.3) is 5.91 Å². The smallest absolute Gasteiger partial charge is 0.290 e. The number of nitrogens with zero attached hydrogens (tertiary/aromatic N) is 5. The quantitative estimate of drug-likeness (QED) is 0.551. The van der Waals surface area contributed by atoms with Crippen LogP contribution in [0.1, 0.15) is 15.9 Å². The van der Waals surface area contributed by atoms with Crippen LogP contribution in [0.3, 0.4) is 0 Å². The normalized spacial score (nSPS) is 11.5. The van der Waals surface area contributed by atoms with Crippen LogP contribution in [0, 0.1) is 0 Å². The first-order valence-electron chi connectivity index (χ1n) is 8.81. The van der Waals surface area contributed by atoms with E-state index in [-0.39, 0.29) is 22.8 Å². The number of hydrogen-bond donors (Lipinski definition) is 1. The Bertz CT molecular complexity index is 1200. The van der Waals surface area contributed by atoms with Gasteiger partial charge >= 0.3 is 6.18 Å². The Labute approximate surface area is 168 Å². The van der Waals surface area contributed by atoms with Crippen molar-refractivity contribution in [1.29, 1.82) is 0 Å². The zero-order valence-corrected chi connectivity index (χ0v) is 15.6. The van der Waals surface area contributed by atoms with Crippen molar-refractivity contribution in [3.8, 4) is 16.9 Å². The van der Waals surface area contributed by atoms with Crippen LogP contribution in [0.15, 0.2) is 67.1 Å². The Hall–Kier alpha value is -3.95. The Morgan fingerprint density at radius 2 is 1.83 bits per heavy atom. The number of aromatic nitrogens is 5. The molecule has 10 heteroatoms. The monoisotopic (exact) mass is 412 g/mol. The molecule has 0 bridgehead atoms. The lowest BCUT2D eigenvalue weighted by Crippen LogP contribution is -2.16. The number of hydrogen-bond acceptors (Lipinski definition) is 4. The predicted octanol–water partition coefficient (Wildman–Crippen LogP) is 3.94. The molecule has 4 aromatic rings. The van der Waals surface area contributed by atoms with Crippen LogP contribution in [-0.2, 0) is 13.2 Å². The van der Waals surface area contributed by atoms with E-state index in [0.29, 0.717) is 0 Å². The summed E-state index contributed by atoms with van der Waals surface area (Å²) >= 11 is 0. The molecular weight excluding hydrogens is 397 g/mol. The second-order valence-electron chi connectivity index (χ2n) is 6.45. The summed E-state index contributed by atoms with van der Waals surface area (Å²) in [6, 6.07) is 13.7. The molecule has 0 radical (unpaired) electrons. The minimum atomic E-state index is -4.59. The maximum atomic E-state index is 13.5. The third-order valence-corrected chi connectivity index (χ3v) is 4.38. The number of carbonyl (C=O) groups excluding carboxylic acids is 1. The van der Waals surface area contributed by atoms with Crippen molar-refractivity contribution in [3.05, 3.63) is 78.2 Å². The van der Waals surface area contributed by atoms with Crippen LogP contribution < -0.4 is 5.32 Å². The van der Waals surface area contributed by atoms with E-state index >= 15 is 0 Å². The number of carbonyl (C=O) groups is 1. The topological polar surface area (TPSA) is 77.6 Å². The number of para-hydroxylation sites is 1. The summed E-state index contributed by atoms with van der Waals surface area (Å²) in [6.45, 7) is 0. The lowest BCUT2D eigenvalue weighted by molar-refractivity contribution is -0.137. The maximum absolute atomic E-state index is 13.5. The number of benzene rings is 2. The fourth-order valence-corrected chi connectivity index (χ4v) is 2.97. The lowest BCUT2D eigenvalue weighted by atomic mass is 10.0. The number of rotatable bonds is 4. The largest absolute Gasteiger partial charge is 0.417 e. The number of aryl methyl sites for hydroxylation is 1. The molecule has 0 saturated heterocycles. The highest BCUT2D eigenvalue weighted by atomic mass is 19.4. The van der Waals surface area contributed by atoms with Gasteiger partial charge in [0, 0.05) is 24.4 Å². The molecule has 30 heavy (non-hydrogen) atoms. The Morgan fingerprint density at radius 3 is 2.50 bits per heavy atom. The van der Waals surface area contributed by atoms with Gasteiger partial charge in [0.1, 0.15) is 6.33 Å². The van der Waals surface area contributed by atoms with Gasteiger partial charge < -0.3 is 0 Å². The first-order chi connectivity index (χ1) is 14.3. The summed E-state index contributed by atoms with van der Waals surface area (Å²) in [5.74, 6) is -0.475. The summed E-state index contributed by atoms with van der Waals surface area (Å²) in [7, 11) is 1.60. The average Bonchev–Trinajstić information content (AvgIpc) is 3.36. The van der Waals surface area contributed by atoms with Gasteiger partial charge in [0.15, 0.2) is 0 Å². The number of anilines is 1. The van der Waals surface area contributed by atoms with Gasteiger partial charge in [0.05, 0.1) is 16.9 Å². The van der Waals surface area contributed by atoms with Crippen molar-refractivity contribution in [2.24, 2.45) is 7.05 Å². The highest BCUT2D eigenvalue weighted by Crippen LogP contribution is 2.37. The van der Waals surface area contributed by atoms with Crippen LogP contribution in [0.5, 0.6) is 0 Å². The maximum Gasteiger partial charge on any atom is 0.417 e. The van der Waals surface area contributed by atoms with E-state index in [2.05, 4.69) is 20.6 Å². The fraction of sp³-hybridized carbons (Fsp3) is 0.100. The number of nitrogens with one attached hydrogen (secondary N) is 1. The molecule has 2 heterocycles. The molecule has 0 saturated carbocycles. The van der Waals surface area contributed by atoms with Crippen LogP contribution in [0.4, 0.5) is 19.1 Å². The van der Waals surface area contributed by atoms with E-state index in [1.54, 1.807) is 23.7 Å². The Kier molecular flexibility index (Phi) is 4.82. The zero-order chi connectivity index (χ0) is 21.3. The van der Waals surface area contributed by atoms with Gasteiger partial charge in [-0.3, -0.25) is 19.4 Å². The van der Waals surface area contributed by atoms with Crippen LogP contribution in [-0.4, -0.2) is 30.5 Å². The van der Waals surface area contributed by atoms with E-state index in [1.807, 2.05) is 18.2 Å². The summed E-state index contributed by atoms with van der Waals surface area (Å²) < 4.78 is 43.3. The molecule has 7 nitrogen and oxygen atoms in total. The highest BCUT2D eigenvalue weighted by molar-refractivity contribution is 6.04. The molecule has 152 valence electrons. The van der Waals surface area contributed by atoms with Crippen molar-refractivity contribution in [2.45, 2.75) is 6.18 Å². The highest BCUT2D eigenvalue weighted by Gasteiger charge is 2.34. The van der Waals surface area contributed by atoms with E-state index in [4.69, 9.17) is 0 Å². The van der Waals surface area contributed by atoms with E-state index in [9.17, 15) is 18.0 Å². The first-order valence-corrected chi connectivity index (χ1v) is 8.81. The molecule has 2 aromatic carbocycles. The molecule has 2 aromatic heterocycles. The number of amides is 1. The van der Waals surface area contributed by atoms with Gasteiger partial charge in [-0.25, -0.2) is 0 Å². The van der Waals surface area contributed by atoms with Gasteiger partial charge in [-0.2, -0.15) is 18.3 Å². The van der Waals surface area contributed by atoms with Crippen LogP contribution in [0.2, 0.25) is 0 Å². The summed E-state index contributed by atoms with van der Waals surface area (Å²) in [4.78, 5) is 12.7. The van der Waals surface area contributed by atoms with Gasteiger partial charge in [0.2, 0.25) is 5.95 Å². The number of halogens is 3. The van der Waals surface area contributed by atoms with Crippen molar-refractivity contribution >= 4 is 11.9 Å². The minimum Gasteiger partial charge on any atom is -0.290 e. The number of alkyl halides is 3. The summed E-state index contributed by atoms with van der Waals surface area (Å²) in [6.07, 6.45) is -1.63. The molecule has 0 spiro atoms. The van der Waals surface area contributed by atoms with Crippen LogP contribution in [0.25, 0.3) is 16.9 Å². The average molecular weight is 412 g/mol. The Balaban J connectivity index is 1.69. The molecule has 1 amide bonds. The fourth-order valence-electron chi connectivity index (χ4n) is 2.97. The molecule has 0 atom stereocenters. The second kappa shape index (κ2) is 7.47. The second-order valence-corrected chi connectivity index (χ2v) is 6.45. The molecule has 0 aliphatic carbocycles. The zero-order valence-electron chi connectivity index (χ0n) is 15.6. The lowest BCUT2D eigenvalue weighted by Gasteiger charge is -2.13. The SMILES string of the molecule is Cn1ccc(-c2cc(C(=O)Nc3nncn3-c3ccccc3)ccc2C(F)(F)F)n1. The van der Waals surface area contributed by atoms with Crippen molar-refractivity contribution in [1.82, 2.24) is 24.5 Å². The minimum absolute atomic E-state index is 0.0336. The molecule has 0 aliphatic rings. The molecule has 0 aliphatic heterocycles. The van der Waals surface area contributed by atoms with Crippen LogP contribution >= 0.6 is 0 Å². The predicted molar refractivity (Wildman–Crippen MR) is 103 cm³/mol. The summed E-state index contributed by atoms with van der Waals surface area (Å²) in [5, 5.41) is 14.3. The molecular formula is C20H15F3N6O. The van der Waals surface area contributed by atoms with Crippen molar-refractivity contribution in [2.75, 3.05) is 5.32 Å². The van der Waals surface area contributed by atoms with Crippen molar-refractivity contribution < 1.29 is 18.0 Å². The molecule has 4 rings (SSSR count). The van der Waals surface area contributed by atoms with E-state index in [1.165, 1.54) is 29.3 Å². The third kappa shape index (κ3) is 3.79. The van der Waals surface area contributed by atoms with E-state index in [0.717, 1.165) is 17.8 Å². The van der Waals surface area contributed by atoms with Gasteiger partial charge in [-0.15, -0.1) is 10.2 Å². The third-order valence-electron chi connectivity index (χ3n) is 4.38. The van der Waals surface area contributed by atoms with E-state index < -0.39 is 17.6 Å². The van der Waals surface area contributed by atoms with Gasteiger partial charge in [-0.1, -0.05) is 18.2 Å². The first kappa shape index (κ1) is 19.4. The van der Waals surface area contributed by atoms with Crippen molar-refractivity contribution in [3.63, 3.8) is 0 Å². The van der Waals surface area contributed by atoms with Gasteiger partial charge in [-0.05, 0) is 36.4 Å². The molecule has 0 unspecified atom stereocenters. The molecule has 0 fully saturated rings. The summed E-state index contributed by atoms with van der Waals surface area (Å²) in [5.41, 5.74) is -0.178. The molecule has 1 N–H and O–H groups in total. The Morgan fingerprint density at radius 1 is 1.07 bits per heavy atom.